The van der Waals surface area contributed by atoms with E-state index in [9.17, 15) is 8.78 Å². The van der Waals surface area contributed by atoms with Gasteiger partial charge in [0, 0.05) is 23.6 Å². The van der Waals surface area contributed by atoms with Crippen molar-refractivity contribution < 1.29 is 8.78 Å². The van der Waals surface area contributed by atoms with Crippen LogP contribution < -0.4 is 5.73 Å². The van der Waals surface area contributed by atoms with Crippen molar-refractivity contribution in [2.24, 2.45) is 0 Å². The average molecular weight is 424 g/mol. The molecule has 0 atom stereocenters. The second-order valence-electron chi connectivity index (χ2n) is 8.70. The summed E-state index contributed by atoms with van der Waals surface area (Å²) >= 11 is 0. The summed E-state index contributed by atoms with van der Waals surface area (Å²) in [6, 6.07) is 7.15. The van der Waals surface area contributed by atoms with Crippen LogP contribution in [0.2, 0.25) is 0 Å². The van der Waals surface area contributed by atoms with Gasteiger partial charge in [-0.3, -0.25) is 4.57 Å². The monoisotopic (exact) mass is 424 g/mol. The van der Waals surface area contributed by atoms with Crippen LogP contribution in [0.3, 0.4) is 0 Å². The van der Waals surface area contributed by atoms with Crippen molar-refractivity contribution in [1.29, 1.82) is 0 Å². The number of unbranched alkanes of at least 4 members (excludes halogenated alkanes) is 1. The number of H-pyrrole nitrogens is 1. The Morgan fingerprint density at radius 1 is 1.06 bits per heavy atom. The molecule has 0 bridgehead atoms. The molecule has 0 aliphatic heterocycles. The van der Waals surface area contributed by atoms with Gasteiger partial charge in [-0.15, -0.1) is 0 Å². The highest BCUT2D eigenvalue weighted by atomic mass is 19.1. The summed E-state index contributed by atoms with van der Waals surface area (Å²) in [6.45, 7) is 8.86. The minimum atomic E-state index is -0.675. The number of nitrogens with one attached hydrogen (secondary N) is 1. The average Bonchev–Trinajstić information content (AvgIpc) is 3.27. The number of anilines is 1. The molecule has 0 aliphatic rings. The number of aromatic nitrogens is 5. The van der Waals surface area contributed by atoms with Crippen LogP contribution in [0.1, 0.15) is 46.4 Å². The van der Waals surface area contributed by atoms with Gasteiger partial charge in [-0.2, -0.15) is 0 Å². The van der Waals surface area contributed by atoms with Crippen molar-refractivity contribution in [2.45, 2.75) is 52.5 Å². The number of nitrogens with two attached hydrogens (primary N) is 1. The summed E-state index contributed by atoms with van der Waals surface area (Å²) in [6.07, 6.45) is 1.97. The fraction of sp³-hybridized carbons (Fsp3) is 0.348. The minimum absolute atomic E-state index is 0.212. The molecule has 6 nitrogen and oxygen atoms in total. The number of hydrogen-bond acceptors (Lipinski definition) is 4. The fourth-order valence-electron chi connectivity index (χ4n) is 3.49. The molecule has 3 N–H and O–H groups in total. The smallest absolute Gasteiger partial charge is 0.202 e. The number of benzene rings is 1. The van der Waals surface area contributed by atoms with Crippen LogP contribution >= 0.6 is 0 Å². The molecule has 0 unspecified atom stereocenters. The predicted octanol–water partition coefficient (Wildman–Crippen LogP) is 5.45. The summed E-state index contributed by atoms with van der Waals surface area (Å²) in [5.74, 6) is -0.212. The highest BCUT2D eigenvalue weighted by molar-refractivity contribution is 5.82. The number of nitrogen functional groups attached to an aromatic ring is 1. The van der Waals surface area contributed by atoms with E-state index in [0.29, 0.717) is 46.6 Å². The van der Waals surface area contributed by atoms with E-state index in [1.54, 1.807) is 0 Å². The predicted molar refractivity (Wildman–Crippen MR) is 118 cm³/mol. The van der Waals surface area contributed by atoms with E-state index in [1.165, 1.54) is 12.1 Å². The van der Waals surface area contributed by atoms with E-state index >= 15 is 0 Å². The quantitative estimate of drug-likeness (QED) is 0.446. The third-order valence-corrected chi connectivity index (χ3v) is 5.21. The lowest BCUT2D eigenvalue weighted by molar-refractivity contribution is 0.552. The van der Waals surface area contributed by atoms with Crippen LogP contribution in [0, 0.1) is 11.6 Å². The Labute approximate surface area is 179 Å². The molecule has 0 fully saturated rings. The van der Waals surface area contributed by atoms with Crippen LogP contribution in [-0.2, 0) is 12.0 Å². The second kappa shape index (κ2) is 7.76. The number of halogens is 2. The number of imidazole rings is 2. The molecule has 8 heteroatoms. The van der Waals surface area contributed by atoms with Crippen molar-refractivity contribution >= 4 is 17.1 Å². The zero-order valence-electron chi connectivity index (χ0n) is 18.1. The van der Waals surface area contributed by atoms with Crippen LogP contribution in [0.15, 0.2) is 30.3 Å². The van der Waals surface area contributed by atoms with Crippen LogP contribution in [0.25, 0.3) is 33.8 Å². The van der Waals surface area contributed by atoms with Gasteiger partial charge in [-0.05, 0) is 30.7 Å². The first-order chi connectivity index (χ1) is 14.7. The number of fused-ring (bicyclic) bond motifs is 1. The summed E-state index contributed by atoms with van der Waals surface area (Å²) in [7, 11) is 0. The molecule has 0 radical (unpaired) electrons. The van der Waals surface area contributed by atoms with Gasteiger partial charge >= 0.3 is 0 Å². The van der Waals surface area contributed by atoms with E-state index in [2.05, 4.69) is 21.9 Å². The zero-order chi connectivity index (χ0) is 22.3. The number of hydrogen-bond donors (Lipinski definition) is 2. The van der Waals surface area contributed by atoms with E-state index in [1.807, 2.05) is 37.5 Å². The number of aryl methyl sites for hydroxylation is 1. The molecular weight excluding hydrogens is 398 g/mol. The van der Waals surface area contributed by atoms with Gasteiger partial charge in [0.2, 0.25) is 5.95 Å². The summed E-state index contributed by atoms with van der Waals surface area (Å²) in [5, 5.41) is 0. The van der Waals surface area contributed by atoms with Gasteiger partial charge in [0.1, 0.15) is 28.7 Å². The van der Waals surface area contributed by atoms with Crippen LogP contribution in [0.5, 0.6) is 0 Å². The first-order valence-corrected chi connectivity index (χ1v) is 10.4. The maximum atomic E-state index is 14.7. The Morgan fingerprint density at radius 3 is 2.52 bits per heavy atom. The molecule has 1 aromatic carbocycles. The van der Waals surface area contributed by atoms with Gasteiger partial charge in [0.05, 0.1) is 11.4 Å². The first kappa shape index (κ1) is 21.0. The standard InChI is InChI=1S/C23H26F2N6/c1-5-6-11-31-20-17(28-22(31)26)10-9-16(27-20)19-18(29-21(30-19)23(2,3)4)14-8-7-13(24)12-15(14)25/h7-10,12H,5-6,11H2,1-4H3,(H2,26,28)(H,29,30). The molecular formula is C23H26F2N6. The lowest BCUT2D eigenvalue weighted by Gasteiger charge is -2.14. The van der Waals surface area contributed by atoms with E-state index in [0.717, 1.165) is 18.9 Å². The van der Waals surface area contributed by atoms with Gasteiger partial charge in [-0.1, -0.05) is 34.1 Å². The molecule has 0 spiro atoms. The molecule has 3 heterocycles. The highest BCUT2D eigenvalue weighted by Gasteiger charge is 2.25. The number of nitrogens with zero attached hydrogens (tertiary/aromatic N) is 4. The SMILES string of the molecule is CCCCn1c(N)nc2ccc(-c3[nH]c(C(C)(C)C)nc3-c3ccc(F)cc3F)nc21. The molecule has 4 rings (SSSR count). The molecule has 0 saturated carbocycles. The van der Waals surface area contributed by atoms with Crippen molar-refractivity contribution in [2.75, 3.05) is 5.73 Å². The third kappa shape index (κ3) is 3.89. The molecule has 4 aromatic rings. The van der Waals surface area contributed by atoms with Gasteiger partial charge in [0.25, 0.3) is 0 Å². The molecule has 0 saturated heterocycles. The Bertz CT molecular complexity index is 1250. The van der Waals surface area contributed by atoms with Gasteiger partial charge in [0.15, 0.2) is 5.65 Å². The lowest BCUT2D eigenvalue weighted by atomic mass is 9.96. The third-order valence-electron chi connectivity index (χ3n) is 5.21. The first-order valence-electron chi connectivity index (χ1n) is 10.4. The largest absolute Gasteiger partial charge is 0.369 e. The molecule has 3 aromatic heterocycles. The van der Waals surface area contributed by atoms with Crippen molar-refractivity contribution in [3.05, 3.63) is 47.8 Å². The van der Waals surface area contributed by atoms with E-state index in [-0.39, 0.29) is 11.0 Å². The highest BCUT2D eigenvalue weighted by Crippen LogP contribution is 2.35. The molecule has 0 aliphatic carbocycles. The Balaban J connectivity index is 1.92. The number of rotatable bonds is 5. The summed E-state index contributed by atoms with van der Waals surface area (Å²) in [4.78, 5) is 17.2. The number of aromatic amines is 1. The molecule has 162 valence electrons. The maximum Gasteiger partial charge on any atom is 0.202 e. The number of pyridine rings is 1. The van der Waals surface area contributed by atoms with E-state index in [4.69, 9.17) is 10.7 Å². The lowest BCUT2D eigenvalue weighted by Crippen LogP contribution is -2.13. The zero-order valence-corrected chi connectivity index (χ0v) is 18.1. The van der Waals surface area contributed by atoms with Crippen LogP contribution in [-0.4, -0.2) is 24.5 Å². The topological polar surface area (TPSA) is 85.4 Å². The van der Waals surface area contributed by atoms with Crippen molar-refractivity contribution in [3.63, 3.8) is 0 Å². The fourth-order valence-corrected chi connectivity index (χ4v) is 3.49. The molecule has 0 amide bonds. The second-order valence-corrected chi connectivity index (χ2v) is 8.70. The maximum absolute atomic E-state index is 14.7. The Hall–Kier alpha value is -3.29. The van der Waals surface area contributed by atoms with Crippen LogP contribution in [0.4, 0.5) is 14.7 Å². The normalized spacial score (nSPS) is 12.1. The minimum Gasteiger partial charge on any atom is -0.369 e. The Morgan fingerprint density at radius 2 is 1.84 bits per heavy atom. The molecule has 31 heavy (non-hydrogen) atoms. The van der Waals surface area contributed by atoms with Gasteiger partial charge < -0.3 is 10.7 Å². The van der Waals surface area contributed by atoms with E-state index < -0.39 is 11.6 Å². The Kier molecular flexibility index (Phi) is 5.24. The van der Waals surface area contributed by atoms with Crippen molar-refractivity contribution in [1.82, 2.24) is 24.5 Å². The summed E-state index contributed by atoms with van der Waals surface area (Å²) < 4.78 is 30.0. The van der Waals surface area contributed by atoms with Gasteiger partial charge in [-0.25, -0.2) is 23.7 Å². The van der Waals surface area contributed by atoms with Crippen molar-refractivity contribution in [3.8, 4) is 22.6 Å². The summed E-state index contributed by atoms with van der Waals surface area (Å²) in [5.41, 5.74) is 8.93.